The van der Waals surface area contributed by atoms with E-state index in [9.17, 15) is 27.2 Å². The first kappa shape index (κ1) is 32.2. The van der Waals surface area contributed by atoms with Crippen LogP contribution in [0.15, 0.2) is 71.5 Å². The van der Waals surface area contributed by atoms with Gasteiger partial charge in [0.1, 0.15) is 17.4 Å². The number of alkyl halides is 3. The van der Waals surface area contributed by atoms with Crippen LogP contribution in [0, 0.1) is 5.82 Å². The summed E-state index contributed by atoms with van der Waals surface area (Å²) in [5.74, 6) is -0.903. The number of likely N-dealkylation sites (tertiary alicyclic amines) is 1. The van der Waals surface area contributed by atoms with Crippen molar-refractivity contribution in [1.82, 2.24) is 19.4 Å². The fraction of sp³-hybridized carbons (Fsp3) is 0.382. The van der Waals surface area contributed by atoms with Crippen LogP contribution in [-0.2, 0) is 17.4 Å². The molecule has 45 heavy (non-hydrogen) atoms. The molecule has 1 fully saturated rings. The summed E-state index contributed by atoms with van der Waals surface area (Å²) in [4.78, 5) is 36.6. The number of benzene rings is 3. The number of hydrogen-bond donors (Lipinski definition) is 0. The van der Waals surface area contributed by atoms with E-state index in [1.165, 1.54) is 10.6 Å². The van der Waals surface area contributed by atoms with Crippen molar-refractivity contribution in [2.45, 2.75) is 51.7 Å². The number of nitrogens with zero attached hydrogens (tertiary/aromatic N) is 4. The normalized spacial score (nSPS) is 14.5. The number of hydrogen-bond acceptors (Lipinski definition) is 5. The highest BCUT2D eigenvalue weighted by Gasteiger charge is 2.35. The molecule has 1 aromatic heterocycles. The number of aromatic nitrogens is 2. The summed E-state index contributed by atoms with van der Waals surface area (Å²) in [5, 5.41) is 0.403. The predicted octanol–water partition coefficient (Wildman–Crippen LogP) is 6.56. The summed E-state index contributed by atoms with van der Waals surface area (Å²) in [5.41, 5.74) is -0.696. The quantitative estimate of drug-likeness (QED) is 0.177. The molecule has 7 nitrogen and oxygen atoms in total. The number of carbonyl (C=O) groups excluding carboxylic acids is 1. The van der Waals surface area contributed by atoms with Crippen LogP contribution in [-0.4, -0.2) is 58.0 Å². The fourth-order valence-electron chi connectivity index (χ4n) is 5.86. The standard InChI is InChI=1S/C34H36F4N4O3/c1-3-45-26-14-12-25(13-15-26)42-32(39-30-10-5-4-9-27(30)33(42)44)23(2)41(20-8-19-40-17-6-7-18-40)31(43)22-24-11-16-29(35)28(21-24)34(36,37)38/h4-5,9-16,21,23H,3,6-8,17-20,22H2,1-2H3/t23-/m1/s1. The first-order valence-electron chi connectivity index (χ1n) is 15.2. The van der Waals surface area contributed by atoms with Gasteiger partial charge in [-0.2, -0.15) is 13.2 Å². The van der Waals surface area contributed by atoms with Crippen LogP contribution in [0.1, 0.15) is 56.1 Å². The Bertz CT molecular complexity index is 1700. The Labute approximate surface area is 259 Å². The minimum atomic E-state index is -4.89. The lowest BCUT2D eigenvalue weighted by Crippen LogP contribution is -2.39. The van der Waals surface area contributed by atoms with Gasteiger partial charge in [0.05, 0.1) is 41.2 Å². The van der Waals surface area contributed by atoms with Crippen LogP contribution in [0.5, 0.6) is 5.75 Å². The molecule has 0 N–H and O–H groups in total. The number of ether oxygens (including phenoxy) is 1. The summed E-state index contributed by atoms with van der Waals surface area (Å²) in [6, 6.07) is 15.8. The lowest BCUT2D eigenvalue weighted by molar-refractivity contribution is -0.140. The Balaban J connectivity index is 1.54. The molecule has 0 unspecified atom stereocenters. The molecule has 0 aliphatic carbocycles. The van der Waals surface area contributed by atoms with Gasteiger partial charge in [0.15, 0.2) is 0 Å². The van der Waals surface area contributed by atoms with Gasteiger partial charge in [-0.3, -0.25) is 14.2 Å². The number of fused-ring (bicyclic) bond motifs is 1. The molecule has 5 rings (SSSR count). The molecule has 3 aromatic carbocycles. The van der Waals surface area contributed by atoms with Crippen LogP contribution < -0.4 is 10.3 Å². The van der Waals surface area contributed by atoms with Gasteiger partial charge in [-0.25, -0.2) is 9.37 Å². The molecule has 0 saturated carbocycles. The van der Waals surface area contributed by atoms with Crippen molar-refractivity contribution in [2.75, 3.05) is 32.8 Å². The zero-order valence-corrected chi connectivity index (χ0v) is 25.3. The number of halogens is 4. The molecule has 1 aliphatic heterocycles. The van der Waals surface area contributed by atoms with E-state index in [0.717, 1.165) is 38.5 Å². The van der Waals surface area contributed by atoms with Gasteiger partial charge in [0.25, 0.3) is 5.56 Å². The van der Waals surface area contributed by atoms with E-state index in [2.05, 4.69) is 4.90 Å². The van der Waals surface area contributed by atoms with E-state index < -0.39 is 29.5 Å². The summed E-state index contributed by atoms with van der Waals surface area (Å²) >= 11 is 0. The van der Waals surface area contributed by atoms with E-state index in [1.54, 1.807) is 60.4 Å². The Morgan fingerprint density at radius 2 is 1.76 bits per heavy atom. The molecule has 0 bridgehead atoms. The molecule has 1 atom stereocenters. The summed E-state index contributed by atoms with van der Waals surface area (Å²) in [6.07, 6.45) is -2.43. The van der Waals surface area contributed by atoms with E-state index in [-0.39, 0.29) is 24.1 Å². The van der Waals surface area contributed by atoms with Crippen molar-refractivity contribution in [3.05, 3.63) is 99.9 Å². The van der Waals surface area contributed by atoms with Gasteiger partial charge in [0, 0.05) is 6.54 Å². The number of carbonyl (C=O) groups is 1. The van der Waals surface area contributed by atoms with Gasteiger partial charge < -0.3 is 14.5 Å². The van der Waals surface area contributed by atoms with Crippen molar-refractivity contribution >= 4 is 16.8 Å². The fourth-order valence-corrected chi connectivity index (χ4v) is 5.86. The highest BCUT2D eigenvalue weighted by Crippen LogP contribution is 2.32. The van der Waals surface area contributed by atoms with Crippen molar-refractivity contribution in [2.24, 2.45) is 0 Å². The minimum Gasteiger partial charge on any atom is -0.494 e. The topological polar surface area (TPSA) is 67.7 Å². The van der Waals surface area contributed by atoms with Crippen molar-refractivity contribution in [1.29, 1.82) is 0 Å². The predicted molar refractivity (Wildman–Crippen MR) is 164 cm³/mol. The van der Waals surface area contributed by atoms with E-state index >= 15 is 0 Å². The second-order valence-corrected chi connectivity index (χ2v) is 11.2. The van der Waals surface area contributed by atoms with Crippen LogP contribution in [0.25, 0.3) is 16.6 Å². The average molecular weight is 625 g/mol. The third-order valence-electron chi connectivity index (χ3n) is 8.13. The number of rotatable bonds is 11. The second kappa shape index (κ2) is 13.8. The molecule has 238 valence electrons. The SMILES string of the molecule is CCOc1ccc(-n2c([C@@H](C)N(CCCN3CCCC3)C(=O)Cc3ccc(F)c(C(F)(F)F)c3)nc3ccccc3c2=O)cc1. The largest absolute Gasteiger partial charge is 0.494 e. The van der Waals surface area contributed by atoms with Crippen molar-refractivity contribution < 1.29 is 27.1 Å². The Morgan fingerprint density at radius 3 is 2.44 bits per heavy atom. The molecule has 11 heteroatoms. The summed E-state index contributed by atoms with van der Waals surface area (Å²) in [7, 11) is 0. The van der Waals surface area contributed by atoms with Crippen LogP contribution in [0.3, 0.4) is 0 Å². The molecule has 4 aromatic rings. The zero-order chi connectivity index (χ0) is 32.1. The molecular weight excluding hydrogens is 588 g/mol. The molecule has 2 heterocycles. The second-order valence-electron chi connectivity index (χ2n) is 11.2. The number of para-hydroxylation sites is 1. The van der Waals surface area contributed by atoms with Gasteiger partial charge >= 0.3 is 6.18 Å². The van der Waals surface area contributed by atoms with Gasteiger partial charge in [-0.05, 0) is 107 Å². The highest BCUT2D eigenvalue weighted by atomic mass is 19.4. The lowest BCUT2D eigenvalue weighted by atomic mass is 10.1. The van der Waals surface area contributed by atoms with Crippen molar-refractivity contribution in [3.63, 3.8) is 0 Å². The summed E-state index contributed by atoms with van der Waals surface area (Å²) < 4.78 is 61.4. The maximum Gasteiger partial charge on any atom is 0.419 e. The Morgan fingerprint density at radius 1 is 1.04 bits per heavy atom. The zero-order valence-electron chi connectivity index (χ0n) is 25.3. The van der Waals surface area contributed by atoms with Gasteiger partial charge in [-0.1, -0.05) is 18.2 Å². The van der Waals surface area contributed by atoms with Gasteiger partial charge in [-0.15, -0.1) is 0 Å². The smallest absolute Gasteiger partial charge is 0.419 e. The monoisotopic (exact) mass is 624 g/mol. The van der Waals surface area contributed by atoms with Gasteiger partial charge in [0.2, 0.25) is 5.91 Å². The Kier molecular flexibility index (Phi) is 9.86. The third-order valence-corrected chi connectivity index (χ3v) is 8.13. The van der Waals surface area contributed by atoms with Crippen LogP contribution >= 0.6 is 0 Å². The Hall–Kier alpha value is -4.25. The minimum absolute atomic E-state index is 0.0424. The van der Waals surface area contributed by atoms with E-state index in [4.69, 9.17) is 9.72 Å². The van der Waals surface area contributed by atoms with Crippen LogP contribution in [0.4, 0.5) is 17.6 Å². The average Bonchev–Trinajstić information content (AvgIpc) is 3.54. The third kappa shape index (κ3) is 7.36. The molecule has 0 spiro atoms. The first-order chi connectivity index (χ1) is 21.6. The first-order valence-corrected chi connectivity index (χ1v) is 15.2. The highest BCUT2D eigenvalue weighted by molar-refractivity contribution is 5.80. The maximum atomic E-state index is 14.0. The summed E-state index contributed by atoms with van der Waals surface area (Å²) in [6.45, 7) is 7.10. The van der Waals surface area contributed by atoms with E-state index in [0.29, 0.717) is 47.3 Å². The maximum absolute atomic E-state index is 14.0. The van der Waals surface area contributed by atoms with E-state index in [1.807, 2.05) is 6.92 Å². The number of amides is 1. The molecular formula is C34H36F4N4O3. The lowest BCUT2D eigenvalue weighted by Gasteiger charge is -2.31. The molecule has 1 amide bonds. The molecule has 1 saturated heterocycles. The molecule has 0 radical (unpaired) electrons. The van der Waals surface area contributed by atoms with Crippen LogP contribution in [0.2, 0.25) is 0 Å². The van der Waals surface area contributed by atoms with Crippen molar-refractivity contribution in [3.8, 4) is 11.4 Å². The molecule has 1 aliphatic rings.